The Morgan fingerprint density at radius 1 is 1.09 bits per heavy atom. The number of urea groups is 1. The molecule has 11 nitrogen and oxygen atoms in total. The van der Waals surface area contributed by atoms with E-state index in [4.69, 9.17) is 9.57 Å². The Balaban J connectivity index is 1.81. The van der Waals surface area contributed by atoms with Crippen LogP contribution in [0.5, 0.6) is 0 Å². The Labute approximate surface area is 189 Å². The molecule has 5 amide bonds. The number of alkyl carbamates (subject to hydrolysis) is 1. The van der Waals surface area contributed by atoms with Gasteiger partial charge in [-0.3, -0.25) is 25.3 Å². The van der Waals surface area contributed by atoms with Crippen LogP contribution < -0.4 is 16.2 Å². The summed E-state index contributed by atoms with van der Waals surface area (Å²) in [4.78, 5) is 56.6. The van der Waals surface area contributed by atoms with Crippen LogP contribution in [0.3, 0.4) is 0 Å². The molecule has 2 rings (SSSR count). The van der Waals surface area contributed by atoms with Crippen molar-refractivity contribution >= 4 is 23.9 Å². The van der Waals surface area contributed by atoms with Crippen LogP contribution in [0, 0.1) is 0 Å². The van der Waals surface area contributed by atoms with Gasteiger partial charge in [-0.25, -0.2) is 9.59 Å². The van der Waals surface area contributed by atoms with E-state index in [0.29, 0.717) is 26.0 Å². The molecule has 11 heteroatoms. The van der Waals surface area contributed by atoms with Crippen LogP contribution in [0.1, 0.15) is 73.6 Å². The van der Waals surface area contributed by atoms with E-state index in [-0.39, 0.29) is 18.5 Å². The summed E-state index contributed by atoms with van der Waals surface area (Å²) in [5.41, 5.74) is 3.23. The molecule has 2 heterocycles. The van der Waals surface area contributed by atoms with Crippen LogP contribution in [-0.2, 0) is 19.2 Å². The fourth-order valence-electron chi connectivity index (χ4n) is 3.66. The molecule has 0 saturated carbocycles. The first-order valence-electron chi connectivity index (χ1n) is 11.2. The maximum atomic E-state index is 12.6. The first-order chi connectivity index (χ1) is 14.8. The van der Waals surface area contributed by atoms with Crippen LogP contribution >= 0.6 is 0 Å². The normalized spacial score (nSPS) is 20.8. The number of hydrogen-bond acceptors (Lipinski definition) is 6. The minimum Gasteiger partial charge on any atom is -0.444 e. The van der Waals surface area contributed by atoms with Gasteiger partial charge in [0.25, 0.3) is 5.91 Å². The highest BCUT2D eigenvalue weighted by atomic mass is 16.7. The second-order valence-corrected chi connectivity index (χ2v) is 9.92. The third-order valence-corrected chi connectivity index (χ3v) is 5.12. The first-order valence-corrected chi connectivity index (χ1v) is 11.2. The molecule has 32 heavy (non-hydrogen) atoms. The fourth-order valence-corrected chi connectivity index (χ4v) is 3.66. The molecule has 2 atom stereocenters. The second kappa shape index (κ2) is 10.4. The second-order valence-electron chi connectivity index (χ2n) is 9.92. The molecule has 3 N–H and O–H groups in total. The molecule has 0 aromatic heterocycles. The lowest BCUT2D eigenvalue weighted by Gasteiger charge is -2.30. The van der Waals surface area contributed by atoms with Crippen molar-refractivity contribution in [1.29, 1.82) is 0 Å². The topological polar surface area (TPSA) is 129 Å². The molecule has 2 aliphatic rings. The summed E-state index contributed by atoms with van der Waals surface area (Å²) < 4.78 is 5.21. The lowest BCUT2D eigenvalue weighted by Crippen LogP contribution is -2.55. The first kappa shape index (κ1) is 25.7. The summed E-state index contributed by atoms with van der Waals surface area (Å²) in [5.74, 6) is -0.941. The monoisotopic (exact) mass is 455 g/mol. The zero-order valence-electron chi connectivity index (χ0n) is 19.9. The van der Waals surface area contributed by atoms with E-state index in [1.165, 1.54) is 9.96 Å². The minimum absolute atomic E-state index is 0.0577. The van der Waals surface area contributed by atoms with Crippen molar-refractivity contribution in [3.8, 4) is 0 Å². The molecule has 0 spiro atoms. The zero-order chi connectivity index (χ0) is 24.1. The van der Waals surface area contributed by atoms with Crippen LogP contribution in [0.15, 0.2) is 0 Å². The average molecular weight is 456 g/mol. The molecular weight excluding hydrogens is 418 g/mol. The SMILES string of the molecule is CCCCON1C(=O)N2C[C@@H]1CC[C@H]2C(=O)NNC(=O)CC(C)(C)NC(=O)OC(C)(C)C. The fraction of sp³-hybridized carbons (Fsp3) is 0.810. The molecule has 2 fully saturated rings. The number of carbonyl (C=O) groups excluding carboxylic acids is 4. The summed E-state index contributed by atoms with van der Waals surface area (Å²) in [5, 5.41) is 4.02. The van der Waals surface area contributed by atoms with E-state index < -0.39 is 35.1 Å². The number of rotatable bonds is 8. The number of fused-ring (bicyclic) bond motifs is 2. The van der Waals surface area contributed by atoms with Gasteiger partial charge in [0, 0.05) is 12.1 Å². The lowest BCUT2D eigenvalue weighted by atomic mass is 10.0. The summed E-state index contributed by atoms with van der Waals surface area (Å²) >= 11 is 0. The molecule has 0 radical (unpaired) electrons. The number of nitrogens with one attached hydrogen (secondary N) is 3. The van der Waals surface area contributed by atoms with Gasteiger partial charge in [-0.2, -0.15) is 5.06 Å². The van der Waals surface area contributed by atoms with Gasteiger partial charge in [-0.1, -0.05) is 13.3 Å². The summed E-state index contributed by atoms with van der Waals surface area (Å²) in [7, 11) is 0. The maximum Gasteiger partial charge on any atom is 0.408 e. The number of nitrogens with zero attached hydrogens (tertiary/aromatic N) is 2. The number of unbranched alkanes of at least 4 members (excludes halogenated alkanes) is 1. The third-order valence-electron chi connectivity index (χ3n) is 5.12. The predicted molar refractivity (Wildman–Crippen MR) is 116 cm³/mol. The standard InChI is InChI=1S/C21H37N5O6/c1-7-8-11-31-26-14-9-10-15(25(13-14)19(26)30)17(28)24-23-16(27)12-21(5,6)22-18(29)32-20(2,3)4/h14-15H,7-13H2,1-6H3,(H,22,29)(H,23,27)(H,24,28)/t14-,15-/m0/s1. The minimum atomic E-state index is -0.892. The van der Waals surface area contributed by atoms with Gasteiger partial charge in [0.1, 0.15) is 11.6 Å². The number of hydrazine groups is 1. The molecule has 0 unspecified atom stereocenters. The Kier molecular flexibility index (Phi) is 8.33. The molecule has 0 aromatic carbocycles. The largest absolute Gasteiger partial charge is 0.444 e. The van der Waals surface area contributed by atoms with Crippen molar-refractivity contribution < 1.29 is 28.8 Å². The number of piperidine rings is 1. The molecule has 2 bridgehead atoms. The zero-order valence-corrected chi connectivity index (χ0v) is 19.9. The number of ether oxygens (including phenoxy) is 1. The van der Waals surface area contributed by atoms with E-state index in [2.05, 4.69) is 16.2 Å². The van der Waals surface area contributed by atoms with Crippen LogP contribution in [0.25, 0.3) is 0 Å². The van der Waals surface area contributed by atoms with E-state index in [9.17, 15) is 19.2 Å². The van der Waals surface area contributed by atoms with E-state index in [0.717, 1.165) is 12.8 Å². The van der Waals surface area contributed by atoms with E-state index >= 15 is 0 Å². The highest BCUT2D eigenvalue weighted by Gasteiger charge is 2.48. The molecule has 2 aliphatic heterocycles. The van der Waals surface area contributed by atoms with Gasteiger partial charge in [0.15, 0.2) is 0 Å². The number of hydroxylamine groups is 2. The van der Waals surface area contributed by atoms with Crippen LogP contribution in [0.4, 0.5) is 9.59 Å². The van der Waals surface area contributed by atoms with Crippen molar-refractivity contribution in [1.82, 2.24) is 26.1 Å². The smallest absolute Gasteiger partial charge is 0.408 e. The Hall–Kier alpha value is -2.56. The van der Waals surface area contributed by atoms with Crippen LogP contribution in [-0.4, -0.2) is 70.3 Å². The highest BCUT2D eigenvalue weighted by molar-refractivity contribution is 5.90. The molecule has 0 aromatic rings. The molecule has 0 aliphatic carbocycles. The Morgan fingerprint density at radius 3 is 2.41 bits per heavy atom. The molecular formula is C21H37N5O6. The average Bonchev–Trinajstić information content (AvgIpc) is 2.88. The van der Waals surface area contributed by atoms with Gasteiger partial charge < -0.3 is 15.0 Å². The van der Waals surface area contributed by atoms with Gasteiger partial charge in [0.05, 0.1) is 19.1 Å². The van der Waals surface area contributed by atoms with Gasteiger partial charge in [-0.15, -0.1) is 0 Å². The molecule has 182 valence electrons. The number of carbonyl (C=O) groups is 4. The van der Waals surface area contributed by atoms with E-state index in [1.54, 1.807) is 34.6 Å². The maximum absolute atomic E-state index is 12.6. The van der Waals surface area contributed by atoms with Crippen molar-refractivity contribution in [2.45, 2.75) is 96.9 Å². The van der Waals surface area contributed by atoms with Crippen LogP contribution in [0.2, 0.25) is 0 Å². The number of amides is 5. The lowest BCUT2D eigenvalue weighted by molar-refractivity contribution is -0.133. The van der Waals surface area contributed by atoms with Gasteiger partial charge in [0.2, 0.25) is 5.91 Å². The van der Waals surface area contributed by atoms with E-state index in [1.807, 2.05) is 6.92 Å². The quantitative estimate of drug-likeness (QED) is 0.378. The molecule has 2 saturated heterocycles. The summed E-state index contributed by atoms with van der Waals surface area (Å²) in [6.07, 6.45) is 2.23. The summed E-state index contributed by atoms with van der Waals surface area (Å²) in [6, 6.07) is -1.05. The predicted octanol–water partition coefficient (Wildman–Crippen LogP) is 1.83. The van der Waals surface area contributed by atoms with Crippen molar-refractivity contribution in [2.75, 3.05) is 13.2 Å². The van der Waals surface area contributed by atoms with Crippen molar-refractivity contribution in [3.05, 3.63) is 0 Å². The Morgan fingerprint density at radius 2 is 1.78 bits per heavy atom. The van der Waals surface area contributed by atoms with Crippen molar-refractivity contribution in [3.63, 3.8) is 0 Å². The number of hydrogen-bond donors (Lipinski definition) is 3. The third kappa shape index (κ3) is 7.25. The van der Waals surface area contributed by atoms with Crippen molar-refractivity contribution in [2.24, 2.45) is 0 Å². The summed E-state index contributed by atoms with van der Waals surface area (Å²) in [6.45, 7) is 11.5. The van der Waals surface area contributed by atoms with Gasteiger partial charge in [-0.05, 0) is 53.9 Å². The highest BCUT2D eigenvalue weighted by Crippen LogP contribution is 2.30. The Bertz CT molecular complexity index is 720. The van der Waals surface area contributed by atoms with Gasteiger partial charge >= 0.3 is 12.1 Å².